The minimum Gasteiger partial charge on any atom is -0.484 e. The molecule has 1 aromatic heterocycles. The molecule has 0 unspecified atom stereocenters. The number of piperazine rings is 1. The van der Waals surface area contributed by atoms with Crippen molar-refractivity contribution in [3.63, 3.8) is 0 Å². The van der Waals surface area contributed by atoms with Crippen LogP contribution in [-0.2, 0) is 6.61 Å². The summed E-state index contributed by atoms with van der Waals surface area (Å²) in [6.45, 7) is 11.5. The number of hydrogen-bond acceptors (Lipinski definition) is 4. The zero-order valence-electron chi connectivity index (χ0n) is 15.8. The van der Waals surface area contributed by atoms with Crippen molar-refractivity contribution >= 4 is 11.4 Å². The second kappa shape index (κ2) is 7.87. The normalized spacial score (nSPS) is 15.2. The SMILES string of the molecule is C=C(C)c1c(C)c(F)nc(N2CCN(C)CC2)c1OCc1ccccc1. The van der Waals surface area contributed by atoms with E-state index in [4.69, 9.17) is 4.74 Å². The zero-order valence-corrected chi connectivity index (χ0v) is 15.8. The van der Waals surface area contributed by atoms with Crippen molar-refractivity contribution in [2.75, 3.05) is 38.1 Å². The lowest BCUT2D eigenvalue weighted by Crippen LogP contribution is -2.45. The van der Waals surface area contributed by atoms with Crippen LogP contribution in [0.5, 0.6) is 5.75 Å². The van der Waals surface area contributed by atoms with Crippen LogP contribution in [-0.4, -0.2) is 43.1 Å². The maximum atomic E-state index is 14.5. The molecule has 5 heteroatoms. The number of halogens is 1. The molecule has 2 heterocycles. The first-order valence-electron chi connectivity index (χ1n) is 8.93. The number of hydrogen-bond donors (Lipinski definition) is 0. The van der Waals surface area contributed by atoms with Crippen molar-refractivity contribution in [2.24, 2.45) is 0 Å². The van der Waals surface area contributed by atoms with E-state index in [-0.39, 0.29) is 0 Å². The summed E-state index contributed by atoms with van der Waals surface area (Å²) in [5, 5.41) is 0. The van der Waals surface area contributed by atoms with Gasteiger partial charge in [0.05, 0.1) is 0 Å². The molecule has 0 radical (unpaired) electrons. The van der Waals surface area contributed by atoms with Gasteiger partial charge in [0.2, 0.25) is 5.95 Å². The molecule has 3 rings (SSSR count). The number of aromatic nitrogens is 1. The summed E-state index contributed by atoms with van der Waals surface area (Å²) in [6, 6.07) is 9.96. The fraction of sp³-hybridized carbons (Fsp3) is 0.381. The molecule has 1 aliphatic rings. The molecule has 0 saturated carbocycles. The molecule has 0 amide bonds. The molecule has 0 atom stereocenters. The lowest BCUT2D eigenvalue weighted by Gasteiger charge is -2.34. The number of benzene rings is 1. The van der Waals surface area contributed by atoms with Crippen LogP contribution in [0.15, 0.2) is 36.9 Å². The quantitative estimate of drug-likeness (QED) is 0.761. The first kappa shape index (κ1) is 18.4. The van der Waals surface area contributed by atoms with Crippen molar-refractivity contribution in [2.45, 2.75) is 20.5 Å². The lowest BCUT2D eigenvalue weighted by atomic mass is 10.0. The Morgan fingerprint density at radius 1 is 1.19 bits per heavy atom. The van der Waals surface area contributed by atoms with Gasteiger partial charge in [-0.3, -0.25) is 0 Å². The second-order valence-electron chi connectivity index (χ2n) is 6.90. The topological polar surface area (TPSA) is 28.6 Å². The Morgan fingerprint density at radius 2 is 1.85 bits per heavy atom. The predicted molar refractivity (Wildman–Crippen MR) is 104 cm³/mol. The van der Waals surface area contributed by atoms with E-state index in [1.165, 1.54) is 0 Å². The molecule has 0 N–H and O–H groups in total. The van der Waals surface area contributed by atoms with Gasteiger partial charge in [-0.15, -0.1) is 0 Å². The molecule has 138 valence electrons. The molecule has 0 aliphatic carbocycles. The Bertz CT molecular complexity index is 784. The van der Waals surface area contributed by atoms with E-state index in [9.17, 15) is 4.39 Å². The molecular weight excluding hydrogens is 329 g/mol. The van der Waals surface area contributed by atoms with E-state index in [2.05, 4.69) is 28.4 Å². The smallest absolute Gasteiger partial charge is 0.218 e. The summed E-state index contributed by atoms with van der Waals surface area (Å²) in [5.41, 5.74) is 3.05. The van der Waals surface area contributed by atoms with Crippen LogP contribution in [0.25, 0.3) is 5.57 Å². The molecule has 1 saturated heterocycles. The molecule has 2 aromatic rings. The van der Waals surface area contributed by atoms with Crippen LogP contribution < -0.4 is 9.64 Å². The maximum absolute atomic E-state index is 14.5. The molecule has 1 aromatic carbocycles. The van der Waals surface area contributed by atoms with E-state index in [1.807, 2.05) is 37.3 Å². The van der Waals surface area contributed by atoms with Crippen LogP contribution >= 0.6 is 0 Å². The van der Waals surface area contributed by atoms with Gasteiger partial charge >= 0.3 is 0 Å². The highest BCUT2D eigenvalue weighted by atomic mass is 19.1. The van der Waals surface area contributed by atoms with Crippen LogP contribution in [0.4, 0.5) is 10.2 Å². The van der Waals surface area contributed by atoms with E-state index < -0.39 is 5.95 Å². The van der Waals surface area contributed by atoms with Gasteiger partial charge in [0.15, 0.2) is 11.6 Å². The molecule has 1 aliphatic heterocycles. The van der Waals surface area contributed by atoms with Crippen LogP contribution in [0.1, 0.15) is 23.6 Å². The van der Waals surface area contributed by atoms with Gasteiger partial charge in [0.25, 0.3) is 0 Å². The van der Waals surface area contributed by atoms with Crippen LogP contribution in [0, 0.1) is 12.9 Å². The van der Waals surface area contributed by atoms with E-state index in [0.717, 1.165) is 42.9 Å². The first-order chi connectivity index (χ1) is 12.5. The summed E-state index contributed by atoms with van der Waals surface area (Å²) in [4.78, 5) is 8.61. The fourth-order valence-corrected chi connectivity index (χ4v) is 3.23. The van der Waals surface area contributed by atoms with Crippen molar-refractivity contribution < 1.29 is 9.13 Å². The molecule has 4 nitrogen and oxygen atoms in total. The van der Waals surface area contributed by atoms with Crippen molar-refractivity contribution in [3.05, 3.63) is 59.5 Å². The van der Waals surface area contributed by atoms with Gasteiger partial charge in [0.1, 0.15) is 6.61 Å². The van der Waals surface area contributed by atoms with Crippen LogP contribution in [0.2, 0.25) is 0 Å². The summed E-state index contributed by atoms with van der Waals surface area (Å²) in [7, 11) is 2.09. The minimum absolute atomic E-state index is 0.411. The molecule has 1 fully saturated rings. The summed E-state index contributed by atoms with van der Waals surface area (Å²) >= 11 is 0. The predicted octanol–water partition coefficient (Wildman–Crippen LogP) is 3.89. The van der Waals surface area contributed by atoms with Crippen molar-refractivity contribution in [1.82, 2.24) is 9.88 Å². The lowest BCUT2D eigenvalue weighted by molar-refractivity contribution is 0.292. The summed E-state index contributed by atoms with van der Waals surface area (Å²) in [6.07, 6.45) is 0. The second-order valence-corrected chi connectivity index (χ2v) is 6.90. The average Bonchev–Trinajstić information content (AvgIpc) is 2.63. The molecule has 0 bridgehead atoms. The Hall–Kier alpha value is -2.40. The third kappa shape index (κ3) is 3.88. The monoisotopic (exact) mass is 355 g/mol. The number of pyridine rings is 1. The maximum Gasteiger partial charge on any atom is 0.218 e. The van der Waals surface area contributed by atoms with E-state index in [0.29, 0.717) is 23.7 Å². The standard InChI is InChI=1S/C21H26FN3O/c1-15(2)18-16(3)20(22)23-21(25-12-10-24(4)11-13-25)19(18)26-14-17-8-6-5-7-9-17/h5-9H,1,10-14H2,2-4H3. The number of allylic oxidation sites excluding steroid dienone is 1. The van der Waals surface area contributed by atoms with Gasteiger partial charge in [-0.05, 0) is 32.0 Å². The van der Waals surface area contributed by atoms with Gasteiger partial charge in [0, 0.05) is 37.3 Å². The molecule has 26 heavy (non-hydrogen) atoms. The first-order valence-corrected chi connectivity index (χ1v) is 8.93. The number of likely N-dealkylation sites (N-methyl/N-ethyl adjacent to an activating group) is 1. The van der Waals surface area contributed by atoms with Crippen LogP contribution in [0.3, 0.4) is 0 Å². The highest BCUT2D eigenvalue weighted by molar-refractivity contribution is 5.75. The molecule has 0 spiro atoms. The van der Waals surface area contributed by atoms with Gasteiger partial charge in [-0.1, -0.05) is 36.9 Å². The fourth-order valence-electron chi connectivity index (χ4n) is 3.23. The Labute approximate surface area is 154 Å². The highest BCUT2D eigenvalue weighted by Gasteiger charge is 2.25. The largest absolute Gasteiger partial charge is 0.484 e. The zero-order chi connectivity index (χ0) is 18.7. The number of rotatable bonds is 5. The molecular formula is C21H26FN3O. The third-order valence-corrected chi connectivity index (χ3v) is 4.77. The van der Waals surface area contributed by atoms with Crippen molar-refractivity contribution in [1.29, 1.82) is 0 Å². The summed E-state index contributed by atoms with van der Waals surface area (Å²) < 4.78 is 20.7. The number of nitrogens with zero attached hydrogens (tertiary/aromatic N) is 3. The van der Waals surface area contributed by atoms with E-state index >= 15 is 0 Å². The van der Waals surface area contributed by atoms with Gasteiger partial charge in [-0.25, -0.2) is 0 Å². The Kier molecular flexibility index (Phi) is 5.57. The van der Waals surface area contributed by atoms with Gasteiger partial charge in [-0.2, -0.15) is 9.37 Å². The number of ether oxygens (including phenoxy) is 1. The number of anilines is 1. The van der Waals surface area contributed by atoms with E-state index in [1.54, 1.807) is 6.92 Å². The Morgan fingerprint density at radius 3 is 2.46 bits per heavy atom. The Balaban J connectivity index is 2.00. The highest BCUT2D eigenvalue weighted by Crippen LogP contribution is 2.38. The summed E-state index contributed by atoms with van der Waals surface area (Å²) in [5.74, 6) is 0.754. The van der Waals surface area contributed by atoms with Gasteiger partial charge < -0.3 is 14.5 Å². The average molecular weight is 355 g/mol. The van der Waals surface area contributed by atoms with Crippen molar-refractivity contribution in [3.8, 4) is 5.75 Å². The third-order valence-electron chi connectivity index (χ3n) is 4.77. The minimum atomic E-state index is -0.455.